The summed E-state index contributed by atoms with van der Waals surface area (Å²) in [6, 6.07) is 12.2. The van der Waals surface area contributed by atoms with Crippen LogP contribution in [0.15, 0.2) is 42.5 Å². The first-order valence-corrected chi connectivity index (χ1v) is 9.42. The number of carbonyl (C=O) groups is 3. The standard InChI is InChI=1S/C22H24N2O5/c1-4-22(13-12-18(25)24-21(22)27)14-8-10-15(11-9-14)23-20(26)19-16(28-2)6-5-7-17(19)29-3/h5-11H,4,12-13H2,1-3H3,(H,23,26)(H,24,25,27)/t22-/m0/s1. The van der Waals surface area contributed by atoms with Crippen LogP contribution in [0.5, 0.6) is 11.5 Å². The number of ether oxygens (including phenoxy) is 2. The van der Waals surface area contributed by atoms with E-state index in [1.807, 2.05) is 19.1 Å². The zero-order valence-corrected chi connectivity index (χ0v) is 16.7. The summed E-state index contributed by atoms with van der Waals surface area (Å²) >= 11 is 0. The molecule has 0 unspecified atom stereocenters. The van der Waals surface area contributed by atoms with Gasteiger partial charge in [-0.25, -0.2) is 0 Å². The lowest BCUT2D eigenvalue weighted by atomic mass is 9.72. The number of nitrogens with one attached hydrogen (secondary N) is 2. The topological polar surface area (TPSA) is 93.7 Å². The average Bonchev–Trinajstić information content (AvgIpc) is 2.74. The molecular formula is C22H24N2O5. The summed E-state index contributed by atoms with van der Waals surface area (Å²) in [5.74, 6) is -0.0577. The molecule has 0 saturated carbocycles. The van der Waals surface area contributed by atoms with Gasteiger partial charge in [0.15, 0.2) is 0 Å². The maximum absolute atomic E-state index is 12.8. The highest BCUT2D eigenvalue weighted by Crippen LogP contribution is 2.36. The number of amides is 3. The van der Waals surface area contributed by atoms with Gasteiger partial charge in [0.2, 0.25) is 11.8 Å². The summed E-state index contributed by atoms with van der Waals surface area (Å²) in [6.45, 7) is 1.93. The fourth-order valence-corrected chi connectivity index (χ4v) is 3.71. The van der Waals surface area contributed by atoms with Crippen LogP contribution in [0.25, 0.3) is 0 Å². The van der Waals surface area contributed by atoms with Crippen LogP contribution in [0, 0.1) is 0 Å². The normalized spacial score (nSPS) is 18.7. The maximum Gasteiger partial charge on any atom is 0.263 e. The molecule has 3 rings (SSSR count). The van der Waals surface area contributed by atoms with Gasteiger partial charge in [0.1, 0.15) is 17.1 Å². The van der Waals surface area contributed by atoms with Crippen molar-refractivity contribution >= 4 is 23.4 Å². The Hall–Kier alpha value is -3.35. The molecule has 3 amide bonds. The van der Waals surface area contributed by atoms with E-state index >= 15 is 0 Å². The van der Waals surface area contributed by atoms with E-state index in [1.54, 1.807) is 30.3 Å². The van der Waals surface area contributed by atoms with Gasteiger partial charge in [0, 0.05) is 12.1 Å². The summed E-state index contributed by atoms with van der Waals surface area (Å²) in [7, 11) is 2.98. The van der Waals surface area contributed by atoms with Gasteiger partial charge in [-0.05, 0) is 42.7 Å². The second-order valence-electron chi connectivity index (χ2n) is 6.88. The van der Waals surface area contributed by atoms with Crippen molar-refractivity contribution in [3.63, 3.8) is 0 Å². The van der Waals surface area contributed by atoms with E-state index in [0.29, 0.717) is 42.0 Å². The molecule has 1 saturated heterocycles. The van der Waals surface area contributed by atoms with Crippen LogP contribution < -0.4 is 20.1 Å². The van der Waals surface area contributed by atoms with Crippen molar-refractivity contribution in [2.45, 2.75) is 31.6 Å². The Bertz CT molecular complexity index is 916. The monoisotopic (exact) mass is 396 g/mol. The Morgan fingerprint density at radius 3 is 2.21 bits per heavy atom. The van der Waals surface area contributed by atoms with E-state index in [1.165, 1.54) is 14.2 Å². The molecular weight excluding hydrogens is 372 g/mol. The summed E-state index contributed by atoms with van der Waals surface area (Å²) in [5, 5.41) is 5.27. The van der Waals surface area contributed by atoms with E-state index < -0.39 is 5.41 Å². The summed E-state index contributed by atoms with van der Waals surface area (Å²) in [5.41, 5.74) is 0.961. The molecule has 1 fully saturated rings. The van der Waals surface area contributed by atoms with Crippen LogP contribution in [0.1, 0.15) is 42.1 Å². The average molecular weight is 396 g/mol. The molecule has 2 aromatic carbocycles. The van der Waals surface area contributed by atoms with Crippen LogP contribution in [0.3, 0.4) is 0 Å². The SMILES string of the molecule is CC[C@@]1(c2ccc(NC(=O)c3c(OC)cccc3OC)cc2)CCC(=O)NC1=O. The first-order valence-electron chi connectivity index (χ1n) is 9.42. The minimum atomic E-state index is -0.734. The molecule has 7 heteroatoms. The van der Waals surface area contributed by atoms with Gasteiger partial charge in [-0.1, -0.05) is 25.1 Å². The smallest absolute Gasteiger partial charge is 0.263 e. The molecule has 1 atom stereocenters. The number of imide groups is 1. The highest BCUT2D eigenvalue weighted by molar-refractivity contribution is 6.08. The number of piperidine rings is 1. The number of rotatable bonds is 6. The molecule has 1 heterocycles. The van der Waals surface area contributed by atoms with Gasteiger partial charge in [0.25, 0.3) is 5.91 Å². The van der Waals surface area contributed by atoms with Gasteiger partial charge in [-0.3, -0.25) is 19.7 Å². The van der Waals surface area contributed by atoms with E-state index in [0.717, 1.165) is 5.56 Å². The summed E-state index contributed by atoms with van der Waals surface area (Å²) < 4.78 is 10.6. The van der Waals surface area contributed by atoms with Crippen molar-refractivity contribution in [2.24, 2.45) is 0 Å². The van der Waals surface area contributed by atoms with Gasteiger partial charge >= 0.3 is 0 Å². The zero-order valence-electron chi connectivity index (χ0n) is 16.7. The molecule has 1 aliphatic rings. The molecule has 152 valence electrons. The van der Waals surface area contributed by atoms with Crippen LogP contribution in [0.2, 0.25) is 0 Å². The minimum absolute atomic E-state index is 0.242. The van der Waals surface area contributed by atoms with Crippen molar-refractivity contribution in [3.05, 3.63) is 53.6 Å². The van der Waals surface area contributed by atoms with Gasteiger partial charge in [0.05, 0.1) is 19.6 Å². The molecule has 0 spiro atoms. The number of methoxy groups -OCH3 is 2. The van der Waals surface area contributed by atoms with E-state index in [9.17, 15) is 14.4 Å². The largest absolute Gasteiger partial charge is 0.496 e. The maximum atomic E-state index is 12.8. The Morgan fingerprint density at radius 1 is 1.07 bits per heavy atom. The summed E-state index contributed by atoms with van der Waals surface area (Å²) in [4.78, 5) is 36.8. The van der Waals surface area contributed by atoms with Crippen LogP contribution in [-0.4, -0.2) is 31.9 Å². The Balaban J connectivity index is 1.84. The van der Waals surface area contributed by atoms with Gasteiger partial charge < -0.3 is 14.8 Å². The highest BCUT2D eigenvalue weighted by atomic mass is 16.5. The van der Waals surface area contributed by atoms with Crippen molar-refractivity contribution in [1.29, 1.82) is 0 Å². The third-order valence-electron chi connectivity index (χ3n) is 5.42. The second kappa shape index (κ2) is 8.34. The lowest BCUT2D eigenvalue weighted by Gasteiger charge is -2.35. The first-order chi connectivity index (χ1) is 13.9. The van der Waals surface area contributed by atoms with Crippen LogP contribution in [0.4, 0.5) is 5.69 Å². The Labute approximate surface area is 169 Å². The minimum Gasteiger partial charge on any atom is -0.496 e. The number of carbonyl (C=O) groups excluding carboxylic acids is 3. The Kier molecular flexibility index (Phi) is 5.87. The number of hydrogen-bond donors (Lipinski definition) is 2. The lowest BCUT2D eigenvalue weighted by Crippen LogP contribution is -2.51. The molecule has 2 aromatic rings. The quantitative estimate of drug-likeness (QED) is 0.732. The van der Waals surface area contributed by atoms with E-state index in [2.05, 4.69) is 10.6 Å². The van der Waals surface area contributed by atoms with E-state index in [-0.39, 0.29) is 17.7 Å². The molecule has 0 aromatic heterocycles. The number of anilines is 1. The number of benzene rings is 2. The lowest BCUT2D eigenvalue weighted by molar-refractivity contribution is -0.138. The van der Waals surface area contributed by atoms with Gasteiger partial charge in [-0.15, -0.1) is 0 Å². The number of hydrogen-bond acceptors (Lipinski definition) is 5. The second-order valence-corrected chi connectivity index (χ2v) is 6.88. The van der Waals surface area contributed by atoms with Crippen LogP contribution in [-0.2, 0) is 15.0 Å². The first kappa shape index (κ1) is 20.4. The summed E-state index contributed by atoms with van der Waals surface area (Å²) in [6.07, 6.45) is 1.36. The highest BCUT2D eigenvalue weighted by Gasteiger charge is 2.42. The molecule has 0 aliphatic carbocycles. The molecule has 0 radical (unpaired) electrons. The van der Waals surface area contributed by atoms with Crippen LogP contribution >= 0.6 is 0 Å². The molecule has 1 aliphatic heterocycles. The fourth-order valence-electron chi connectivity index (χ4n) is 3.71. The molecule has 0 bridgehead atoms. The third-order valence-corrected chi connectivity index (χ3v) is 5.42. The molecule has 29 heavy (non-hydrogen) atoms. The van der Waals surface area contributed by atoms with Crippen molar-refractivity contribution in [2.75, 3.05) is 19.5 Å². The molecule has 7 nitrogen and oxygen atoms in total. The predicted octanol–water partition coefficient (Wildman–Crippen LogP) is 3.04. The van der Waals surface area contributed by atoms with Crippen molar-refractivity contribution in [3.8, 4) is 11.5 Å². The van der Waals surface area contributed by atoms with E-state index in [4.69, 9.17) is 9.47 Å². The predicted molar refractivity (Wildman–Crippen MR) is 108 cm³/mol. The third kappa shape index (κ3) is 3.81. The van der Waals surface area contributed by atoms with Crippen molar-refractivity contribution < 1.29 is 23.9 Å². The van der Waals surface area contributed by atoms with Crippen molar-refractivity contribution in [1.82, 2.24) is 5.32 Å². The fraction of sp³-hybridized carbons (Fsp3) is 0.318. The van der Waals surface area contributed by atoms with Gasteiger partial charge in [-0.2, -0.15) is 0 Å². The molecule has 2 N–H and O–H groups in total. The zero-order chi connectivity index (χ0) is 21.0. The Morgan fingerprint density at radius 2 is 1.69 bits per heavy atom.